The van der Waals surface area contributed by atoms with Gasteiger partial charge in [-0.25, -0.2) is 9.97 Å². The zero-order valence-electron chi connectivity index (χ0n) is 10.4. The van der Waals surface area contributed by atoms with E-state index < -0.39 is 5.54 Å². The third-order valence-corrected chi connectivity index (χ3v) is 2.50. The first-order valence-electron chi connectivity index (χ1n) is 5.67. The summed E-state index contributed by atoms with van der Waals surface area (Å²) in [7, 11) is 0. The van der Waals surface area contributed by atoms with Gasteiger partial charge in [-0.05, 0) is 26.8 Å². The molecular weight excluding hydrogens is 210 g/mol. The van der Waals surface area contributed by atoms with Crippen LogP contribution in [0.4, 0.5) is 0 Å². The first-order valence-corrected chi connectivity index (χ1v) is 5.67. The number of aryl methyl sites for hydroxylation is 1. The van der Waals surface area contributed by atoms with Crippen molar-refractivity contribution in [3.63, 3.8) is 0 Å². The predicted octanol–water partition coefficient (Wildman–Crippen LogP) is 2.65. The van der Waals surface area contributed by atoms with Gasteiger partial charge in [-0.2, -0.15) is 0 Å². The Balaban J connectivity index is 2.54. The first-order chi connectivity index (χ1) is 7.97. The topological polar surface area (TPSA) is 51.8 Å². The predicted molar refractivity (Wildman–Crippen MR) is 69.4 cm³/mol. The van der Waals surface area contributed by atoms with Crippen LogP contribution in [0.1, 0.15) is 25.4 Å². The van der Waals surface area contributed by atoms with Crippen LogP contribution in [-0.4, -0.2) is 9.97 Å². The highest BCUT2D eigenvalue weighted by Crippen LogP contribution is 2.20. The number of hydrogen-bond donors (Lipinski definition) is 1. The van der Waals surface area contributed by atoms with Crippen LogP contribution < -0.4 is 5.73 Å². The molecule has 0 saturated heterocycles. The lowest BCUT2D eigenvalue weighted by Gasteiger charge is -2.18. The van der Waals surface area contributed by atoms with Gasteiger partial charge in [0.25, 0.3) is 0 Å². The standard InChI is InChI=1S/C14H17N3/c1-10-9-12(11-7-5-4-6-8-11)17-13(16-10)14(2,3)15/h4-9H,15H2,1-3H3. The molecule has 3 heteroatoms. The normalized spacial score (nSPS) is 11.5. The van der Waals surface area contributed by atoms with Gasteiger partial charge < -0.3 is 5.73 Å². The van der Waals surface area contributed by atoms with E-state index in [1.54, 1.807) is 0 Å². The van der Waals surface area contributed by atoms with Crippen LogP contribution in [0.2, 0.25) is 0 Å². The largest absolute Gasteiger partial charge is 0.319 e. The molecule has 17 heavy (non-hydrogen) atoms. The molecule has 0 amide bonds. The molecule has 0 unspecified atom stereocenters. The van der Waals surface area contributed by atoms with Gasteiger partial charge in [0.2, 0.25) is 0 Å². The average Bonchev–Trinajstić information content (AvgIpc) is 2.28. The fourth-order valence-electron chi connectivity index (χ4n) is 1.61. The van der Waals surface area contributed by atoms with Crippen LogP contribution in [0.5, 0.6) is 0 Å². The lowest BCUT2D eigenvalue weighted by Crippen LogP contribution is -2.31. The molecule has 0 atom stereocenters. The molecule has 0 aliphatic carbocycles. The summed E-state index contributed by atoms with van der Waals surface area (Å²) in [6, 6.07) is 12.0. The molecule has 0 fully saturated rings. The maximum absolute atomic E-state index is 6.05. The van der Waals surface area contributed by atoms with Gasteiger partial charge in [-0.1, -0.05) is 30.3 Å². The van der Waals surface area contributed by atoms with Crippen molar-refractivity contribution >= 4 is 0 Å². The Hall–Kier alpha value is -1.74. The molecule has 0 radical (unpaired) electrons. The minimum atomic E-state index is -0.518. The molecule has 2 N–H and O–H groups in total. The Morgan fingerprint density at radius 1 is 1.06 bits per heavy atom. The monoisotopic (exact) mass is 227 g/mol. The quantitative estimate of drug-likeness (QED) is 0.858. The van der Waals surface area contributed by atoms with Gasteiger partial charge in [-0.15, -0.1) is 0 Å². The molecule has 2 rings (SSSR count). The summed E-state index contributed by atoms with van der Waals surface area (Å²) in [5.41, 5.74) is 8.48. The molecule has 88 valence electrons. The van der Waals surface area contributed by atoms with Crippen molar-refractivity contribution in [1.29, 1.82) is 0 Å². The summed E-state index contributed by atoms with van der Waals surface area (Å²) in [4.78, 5) is 8.93. The molecule has 0 saturated carbocycles. The zero-order valence-corrected chi connectivity index (χ0v) is 10.4. The summed E-state index contributed by atoms with van der Waals surface area (Å²) in [6.07, 6.45) is 0. The van der Waals surface area contributed by atoms with Crippen molar-refractivity contribution < 1.29 is 0 Å². The maximum Gasteiger partial charge on any atom is 0.148 e. The summed E-state index contributed by atoms with van der Waals surface area (Å²) in [6.45, 7) is 5.79. The molecule has 1 aromatic heterocycles. The van der Waals surface area contributed by atoms with Gasteiger partial charge in [0.15, 0.2) is 0 Å². The van der Waals surface area contributed by atoms with Gasteiger partial charge >= 0.3 is 0 Å². The zero-order chi connectivity index (χ0) is 12.5. The molecule has 0 aliphatic rings. The van der Waals surface area contributed by atoms with Crippen LogP contribution in [-0.2, 0) is 5.54 Å². The van der Waals surface area contributed by atoms with E-state index in [1.165, 1.54) is 0 Å². The van der Waals surface area contributed by atoms with Crippen molar-refractivity contribution in [2.24, 2.45) is 5.73 Å². The van der Waals surface area contributed by atoms with Crippen LogP contribution in [0, 0.1) is 6.92 Å². The van der Waals surface area contributed by atoms with E-state index in [9.17, 15) is 0 Å². The molecule has 3 nitrogen and oxygen atoms in total. The Kier molecular flexibility index (Phi) is 2.94. The van der Waals surface area contributed by atoms with E-state index in [4.69, 9.17) is 5.73 Å². The van der Waals surface area contributed by atoms with Crippen molar-refractivity contribution in [1.82, 2.24) is 9.97 Å². The van der Waals surface area contributed by atoms with Gasteiger partial charge in [0, 0.05) is 11.3 Å². The number of aromatic nitrogens is 2. The summed E-state index contributed by atoms with van der Waals surface area (Å²) < 4.78 is 0. The molecule has 0 bridgehead atoms. The molecule has 0 spiro atoms. The highest BCUT2D eigenvalue weighted by molar-refractivity contribution is 5.59. The Morgan fingerprint density at radius 3 is 2.29 bits per heavy atom. The highest BCUT2D eigenvalue weighted by Gasteiger charge is 2.19. The number of nitrogens with two attached hydrogens (primary N) is 1. The smallest absolute Gasteiger partial charge is 0.148 e. The minimum Gasteiger partial charge on any atom is -0.319 e. The van der Waals surface area contributed by atoms with E-state index >= 15 is 0 Å². The number of benzene rings is 1. The second-order valence-electron chi connectivity index (χ2n) is 4.81. The third kappa shape index (κ3) is 2.68. The van der Waals surface area contributed by atoms with E-state index in [0.29, 0.717) is 5.82 Å². The lowest BCUT2D eigenvalue weighted by molar-refractivity contribution is 0.512. The third-order valence-electron chi connectivity index (χ3n) is 2.50. The summed E-state index contributed by atoms with van der Waals surface area (Å²) in [5.74, 6) is 0.677. The second-order valence-corrected chi connectivity index (χ2v) is 4.81. The Morgan fingerprint density at radius 2 is 1.71 bits per heavy atom. The van der Waals surface area contributed by atoms with Gasteiger partial charge in [-0.3, -0.25) is 0 Å². The van der Waals surface area contributed by atoms with E-state index in [0.717, 1.165) is 17.0 Å². The maximum atomic E-state index is 6.05. The molecule has 0 aliphatic heterocycles. The Bertz CT molecular complexity index is 513. The van der Waals surface area contributed by atoms with Crippen molar-refractivity contribution in [3.8, 4) is 11.3 Å². The molecule has 2 aromatic rings. The molecule has 1 heterocycles. The average molecular weight is 227 g/mol. The van der Waals surface area contributed by atoms with Crippen LogP contribution in [0.3, 0.4) is 0 Å². The molecule has 1 aromatic carbocycles. The van der Waals surface area contributed by atoms with E-state index in [1.807, 2.05) is 57.2 Å². The summed E-state index contributed by atoms with van der Waals surface area (Å²) >= 11 is 0. The lowest BCUT2D eigenvalue weighted by atomic mass is 10.1. The van der Waals surface area contributed by atoms with E-state index in [2.05, 4.69) is 9.97 Å². The van der Waals surface area contributed by atoms with Crippen LogP contribution >= 0.6 is 0 Å². The number of hydrogen-bond acceptors (Lipinski definition) is 3. The van der Waals surface area contributed by atoms with E-state index in [-0.39, 0.29) is 0 Å². The van der Waals surface area contributed by atoms with Crippen molar-refractivity contribution in [2.45, 2.75) is 26.3 Å². The Labute approximate surface area is 102 Å². The molecular formula is C14H17N3. The van der Waals surface area contributed by atoms with Crippen molar-refractivity contribution in [3.05, 3.63) is 47.9 Å². The van der Waals surface area contributed by atoms with Gasteiger partial charge in [0.05, 0.1) is 11.2 Å². The van der Waals surface area contributed by atoms with Crippen LogP contribution in [0.25, 0.3) is 11.3 Å². The van der Waals surface area contributed by atoms with Crippen LogP contribution in [0.15, 0.2) is 36.4 Å². The number of rotatable bonds is 2. The van der Waals surface area contributed by atoms with Crippen molar-refractivity contribution in [2.75, 3.05) is 0 Å². The highest BCUT2D eigenvalue weighted by atomic mass is 15.0. The fourth-order valence-corrected chi connectivity index (χ4v) is 1.61. The van der Waals surface area contributed by atoms with Gasteiger partial charge in [0.1, 0.15) is 5.82 Å². The SMILES string of the molecule is Cc1cc(-c2ccccc2)nc(C(C)(C)N)n1. The fraction of sp³-hybridized carbons (Fsp3) is 0.286. The minimum absolute atomic E-state index is 0.518. The summed E-state index contributed by atoms with van der Waals surface area (Å²) in [5, 5.41) is 0. The first kappa shape index (κ1) is 11.7. The second kappa shape index (κ2) is 4.26. The number of nitrogens with zero attached hydrogens (tertiary/aromatic N) is 2.